The Morgan fingerprint density at radius 1 is 1.26 bits per heavy atom. The number of halogens is 2. The third-order valence-corrected chi connectivity index (χ3v) is 3.62. The van der Waals surface area contributed by atoms with Gasteiger partial charge in [0.1, 0.15) is 0 Å². The number of anilines is 1. The van der Waals surface area contributed by atoms with E-state index < -0.39 is 0 Å². The maximum absolute atomic E-state index is 12.1. The number of urea groups is 1. The summed E-state index contributed by atoms with van der Waals surface area (Å²) < 4.78 is 5.59. The van der Waals surface area contributed by atoms with Crippen LogP contribution in [0.1, 0.15) is 13.8 Å². The molecular formula is C13H16Cl2N2O2. The van der Waals surface area contributed by atoms with Crippen molar-refractivity contribution in [3.05, 3.63) is 28.2 Å². The second-order valence-corrected chi connectivity index (χ2v) is 5.54. The summed E-state index contributed by atoms with van der Waals surface area (Å²) in [5, 5.41) is 3.69. The lowest BCUT2D eigenvalue weighted by Crippen LogP contribution is -2.49. The van der Waals surface area contributed by atoms with E-state index in [0.29, 0.717) is 28.8 Å². The molecule has 104 valence electrons. The summed E-state index contributed by atoms with van der Waals surface area (Å²) in [5.74, 6) is 0. The van der Waals surface area contributed by atoms with Crippen molar-refractivity contribution in [2.45, 2.75) is 26.1 Å². The van der Waals surface area contributed by atoms with Gasteiger partial charge in [-0.2, -0.15) is 0 Å². The van der Waals surface area contributed by atoms with Gasteiger partial charge in [-0.25, -0.2) is 4.79 Å². The number of hydrogen-bond acceptors (Lipinski definition) is 2. The first-order valence-corrected chi connectivity index (χ1v) is 6.87. The van der Waals surface area contributed by atoms with Gasteiger partial charge in [-0.1, -0.05) is 23.2 Å². The van der Waals surface area contributed by atoms with Crippen molar-refractivity contribution in [1.82, 2.24) is 4.90 Å². The molecule has 1 aliphatic heterocycles. The zero-order valence-corrected chi connectivity index (χ0v) is 12.3. The van der Waals surface area contributed by atoms with Gasteiger partial charge in [0.15, 0.2) is 0 Å². The van der Waals surface area contributed by atoms with Crippen molar-refractivity contribution in [2.75, 3.05) is 18.4 Å². The van der Waals surface area contributed by atoms with Crippen LogP contribution in [-0.2, 0) is 4.74 Å². The van der Waals surface area contributed by atoms with Crippen LogP contribution in [0.25, 0.3) is 0 Å². The van der Waals surface area contributed by atoms with E-state index in [-0.39, 0.29) is 18.2 Å². The van der Waals surface area contributed by atoms with Crippen molar-refractivity contribution in [2.24, 2.45) is 0 Å². The van der Waals surface area contributed by atoms with Crippen LogP contribution in [0.2, 0.25) is 10.0 Å². The Labute approximate surface area is 122 Å². The predicted octanol–water partition coefficient (Wildman–Crippen LogP) is 3.63. The third kappa shape index (κ3) is 3.75. The average molecular weight is 303 g/mol. The largest absolute Gasteiger partial charge is 0.372 e. The molecule has 0 radical (unpaired) electrons. The number of hydrogen-bond donors (Lipinski definition) is 1. The van der Waals surface area contributed by atoms with Gasteiger partial charge in [0, 0.05) is 18.8 Å². The van der Waals surface area contributed by atoms with E-state index in [1.54, 1.807) is 23.1 Å². The Balaban J connectivity index is 2.02. The second-order valence-electron chi connectivity index (χ2n) is 4.72. The van der Waals surface area contributed by atoms with E-state index in [0.717, 1.165) is 0 Å². The Morgan fingerprint density at radius 2 is 1.89 bits per heavy atom. The van der Waals surface area contributed by atoms with Gasteiger partial charge in [-0.05, 0) is 32.0 Å². The molecule has 0 spiro atoms. The molecule has 19 heavy (non-hydrogen) atoms. The van der Waals surface area contributed by atoms with Crippen LogP contribution in [0.15, 0.2) is 18.2 Å². The predicted molar refractivity (Wildman–Crippen MR) is 77.1 cm³/mol. The average Bonchev–Trinajstić information content (AvgIpc) is 2.32. The summed E-state index contributed by atoms with van der Waals surface area (Å²) in [6, 6.07) is 4.86. The van der Waals surface area contributed by atoms with E-state index in [2.05, 4.69) is 5.32 Å². The highest BCUT2D eigenvalue weighted by atomic mass is 35.5. The monoisotopic (exact) mass is 302 g/mol. The molecule has 2 rings (SSSR count). The molecule has 0 unspecified atom stereocenters. The summed E-state index contributed by atoms with van der Waals surface area (Å²) >= 11 is 11.7. The van der Waals surface area contributed by atoms with Gasteiger partial charge in [0.25, 0.3) is 0 Å². The van der Waals surface area contributed by atoms with Crippen LogP contribution in [0.3, 0.4) is 0 Å². The van der Waals surface area contributed by atoms with Gasteiger partial charge in [0.2, 0.25) is 0 Å². The molecule has 0 aliphatic carbocycles. The lowest BCUT2D eigenvalue weighted by Gasteiger charge is -2.35. The molecule has 1 N–H and O–H groups in total. The smallest absolute Gasteiger partial charge is 0.322 e. The van der Waals surface area contributed by atoms with Gasteiger partial charge in [0.05, 0.1) is 22.3 Å². The lowest BCUT2D eigenvalue weighted by atomic mass is 10.2. The van der Waals surface area contributed by atoms with E-state index in [1.807, 2.05) is 13.8 Å². The maximum Gasteiger partial charge on any atom is 0.322 e. The molecule has 1 aliphatic rings. The van der Waals surface area contributed by atoms with E-state index in [1.165, 1.54) is 0 Å². The van der Waals surface area contributed by atoms with Crippen molar-refractivity contribution in [1.29, 1.82) is 0 Å². The summed E-state index contributed by atoms with van der Waals surface area (Å²) in [4.78, 5) is 13.9. The van der Waals surface area contributed by atoms with Crippen molar-refractivity contribution >= 4 is 34.9 Å². The minimum atomic E-state index is -0.152. The van der Waals surface area contributed by atoms with Gasteiger partial charge >= 0.3 is 6.03 Å². The summed E-state index contributed by atoms with van der Waals surface area (Å²) in [7, 11) is 0. The first kappa shape index (κ1) is 14.4. The molecule has 1 aromatic rings. The highest BCUT2D eigenvalue weighted by Gasteiger charge is 2.25. The summed E-state index contributed by atoms with van der Waals surface area (Å²) in [6.45, 7) is 5.07. The molecule has 1 aromatic carbocycles. The number of nitrogens with one attached hydrogen (secondary N) is 1. The standard InChI is InChI=1S/C13H16Cl2N2O2/c1-8-6-17(7-9(2)19-8)13(18)16-10-3-4-11(14)12(15)5-10/h3-5,8-9H,6-7H2,1-2H3,(H,16,18)/t8-,9-/m0/s1. The fourth-order valence-electron chi connectivity index (χ4n) is 2.12. The van der Waals surface area contributed by atoms with Gasteiger partial charge in [-0.3, -0.25) is 0 Å². The fourth-order valence-corrected chi connectivity index (χ4v) is 2.42. The topological polar surface area (TPSA) is 41.6 Å². The molecule has 0 bridgehead atoms. The molecule has 2 atom stereocenters. The van der Waals surface area contributed by atoms with Gasteiger partial charge < -0.3 is 15.0 Å². The van der Waals surface area contributed by atoms with Crippen LogP contribution in [0, 0.1) is 0 Å². The zero-order valence-electron chi connectivity index (χ0n) is 10.8. The Kier molecular flexibility index (Phi) is 4.55. The Bertz CT molecular complexity index is 472. The van der Waals surface area contributed by atoms with Crippen molar-refractivity contribution < 1.29 is 9.53 Å². The Hall–Kier alpha value is -0.970. The van der Waals surface area contributed by atoms with E-state index in [9.17, 15) is 4.79 Å². The summed E-state index contributed by atoms with van der Waals surface area (Å²) in [5.41, 5.74) is 0.631. The number of rotatable bonds is 1. The molecule has 1 saturated heterocycles. The van der Waals surface area contributed by atoms with Crippen molar-refractivity contribution in [3.8, 4) is 0 Å². The van der Waals surface area contributed by atoms with Crippen LogP contribution in [-0.4, -0.2) is 36.2 Å². The number of carbonyl (C=O) groups excluding carboxylic acids is 1. The number of amides is 2. The number of carbonyl (C=O) groups is 1. The van der Waals surface area contributed by atoms with Crippen LogP contribution < -0.4 is 5.32 Å². The van der Waals surface area contributed by atoms with Crippen LogP contribution in [0.5, 0.6) is 0 Å². The molecule has 4 nitrogen and oxygen atoms in total. The third-order valence-electron chi connectivity index (χ3n) is 2.88. The molecule has 2 amide bonds. The zero-order chi connectivity index (χ0) is 14.0. The number of ether oxygens (including phenoxy) is 1. The normalized spacial score (nSPS) is 23.3. The first-order valence-electron chi connectivity index (χ1n) is 6.12. The maximum atomic E-state index is 12.1. The molecule has 1 fully saturated rings. The minimum absolute atomic E-state index is 0.0447. The van der Waals surface area contributed by atoms with Crippen LogP contribution >= 0.6 is 23.2 Å². The highest BCUT2D eigenvalue weighted by Crippen LogP contribution is 2.25. The summed E-state index contributed by atoms with van der Waals surface area (Å²) in [6.07, 6.45) is 0.0895. The van der Waals surface area contributed by atoms with Gasteiger partial charge in [-0.15, -0.1) is 0 Å². The molecule has 6 heteroatoms. The van der Waals surface area contributed by atoms with Crippen molar-refractivity contribution in [3.63, 3.8) is 0 Å². The fraction of sp³-hybridized carbons (Fsp3) is 0.462. The first-order chi connectivity index (χ1) is 8.95. The molecule has 0 aromatic heterocycles. The van der Waals surface area contributed by atoms with E-state index >= 15 is 0 Å². The number of benzene rings is 1. The SMILES string of the molecule is C[C@H]1CN(C(=O)Nc2ccc(Cl)c(Cl)c2)C[C@H](C)O1. The molecule has 1 heterocycles. The molecular weight excluding hydrogens is 287 g/mol. The second kappa shape index (κ2) is 5.99. The quantitative estimate of drug-likeness (QED) is 0.860. The number of morpholine rings is 1. The highest BCUT2D eigenvalue weighted by molar-refractivity contribution is 6.42. The Morgan fingerprint density at radius 3 is 2.47 bits per heavy atom. The van der Waals surface area contributed by atoms with Crippen LogP contribution in [0.4, 0.5) is 10.5 Å². The lowest BCUT2D eigenvalue weighted by molar-refractivity contribution is -0.0530. The number of nitrogens with zero attached hydrogens (tertiary/aromatic N) is 1. The minimum Gasteiger partial charge on any atom is -0.372 e. The molecule has 0 saturated carbocycles. The van der Waals surface area contributed by atoms with E-state index in [4.69, 9.17) is 27.9 Å².